The third kappa shape index (κ3) is 2.43. The van der Waals surface area contributed by atoms with Crippen molar-refractivity contribution in [2.24, 2.45) is 0 Å². The van der Waals surface area contributed by atoms with Crippen LogP contribution in [0.25, 0.3) is 0 Å². The molecule has 104 valence electrons. The first-order chi connectivity index (χ1) is 9.17. The van der Waals surface area contributed by atoms with E-state index in [1.807, 2.05) is 6.92 Å². The Labute approximate surface area is 113 Å². The van der Waals surface area contributed by atoms with Crippen LogP contribution in [0.15, 0.2) is 4.52 Å². The van der Waals surface area contributed by atoms with Crippen LogP contribution >= 0.6 is 0 Å². The molecule has 2 bridgehead atoms. The SMILES string of the molecule is CCC(=O)Cc1nc(C2CC3CCC(C2)N3C)no1. The van der Waals surface area contributed by atoms with E-state index in [0.717, 1.165) is 18.7 Å². The second-order valence-corrected chi connectivity index (χ2v) is 5.83. The fourth-order valence-corrected chi connectivity index (χ4v) is 3.42. The molecule has 19 heavy (non-hydrogen) atoms. The van der Waals surface area contributed by atoms with E-state index in [9.17, 15) is 4.79 Å². The summed E-state index contributed by atoms with van der Waals surface area (Å²) in [6.07, 6.45) is 5.62. The fraction of sp³-hybridized carbons (Fsp3) is 0.786. The minimum Gasteiger partial charge on any atom is -0.339 e. The summed E-state index contributed by atoms with van der Waals surface area (Å²) in [6, 6.07) is 1.34. The minimum atomic E-state index is 0.152. The second-order valence-electron chi connectivity index (χ2n) is 5.83. The lowest BCUT2D eigenvalue weighted by molar-refractivity contribution is -0.118. The largest absolute Gasteiger partial charge is 0.339 e. The molecule has 0 amide bonds. The summed E-state index contributed by atoms with van der Waals surface area (Å²) in [5.74, 6) is 1.85. The lowest BCUT2D eigenvalue weighted by atomic mass is 9.90. The first-order valence-corrected chi connectivity index (χ1v) is 7.23. The number of ketones is 1. The fourth-order valence-electron chi connectivity index (χ4n) is 3.42. The Morgan fingerprint density at radius 3 is 2.68 bits per heavy atom. The summed E-state index contributed by atoms with van der Waals surface area (Å²) in [7, 11) is 2.22. The van der Waals surface area contributed by atoms with Gasteiger partial charge in [0.25, 0.3) is 0 Å². The van der Waals surface area contributed by atoms with Crippen LogP contribution in [-0.4, -0.2) is 40.0 Å². The maximum atomic E-state index is 11.4. The molecule has 0 aromatic carbocycles. The van der Waals surface area contributed by atoms with Gasteiger partial charge in [-0.2, -0.15) is 4.98 Å². The Balaban J connectivity index is 1.68. The van der Waals surface area contributed by atoms with Crippen LogP contribution in [0.3, 0.4) is 0 Å². The van der Waals surface area contributed by atoms with Crippen LogP contribution in [0.4, 0.5) is 0 Å². The van der Waals surface area contributed by atoms with Gasteiger partial charge in [0.2, 0.25) is 5.89 Å². The highest BCUT2D eigenvalue weighted by Gasteiger charge is 2.40. The molecule has 2 fully saturated rings. The number of carbonyl (C=O) groups excluding carboxylic acids is 1. The number of fused-ring (bicyclic) bond motifs is 2. The molecular weight excluding hydrogens is 242 g/mol. The van der Waals surface area contributed by atoms with Crippen LogP contribution in [0.1, 0.15) is 56.7 Å². The van der Waals surface area contributed by atoms with E-state index in [2.05, 4.69) is 22.1 Å². The van der Waals surface area contributed by atoms with Gasteiger partial charge in [-0.3, -0.25) is 4.79 Å². The molecule has 1 aromatic rings. The van der Waals surface area contributed by atoms with E-state index in [0.29, 0.717) is 30.3 Å². The van der Waals surface area contributed by atoms with E-state index in [-0.39, 0.29) is 12.2 Å². The van der Waals surface area contributed by atoms with E-state index in [1.165, 1.54) is 12.8 Å². The molecule has 5 heteroatoms. The normalized spacial score (nSPS) is 30.7. The van der Waals surface area contributed by atoms with Gasteiger partial charge in [-0.25, -0.2) is 0 Å². The van der Waals surface area contributed by atoms with Crippen molar-refractivity contribution >= 4 is 5.78 Å². The molecule has 0 spiro atoms. The monoisotopic (exact) mass is 263 g/mol. The van der Waals surface area contributed by atoms with Gasteiger partial charge in [0.05, 0.1) is 6.42 Å². The van der Waals surface area contributed by atoms with E-state index < -0.39 is 0 Å². The molecule has 0 aliphatic carbocycles. The van der Waals surface area contributed by atoms with Crippen molar-refractivity contribution in [3.63, 3.8) is 0 Å². The van der Waals surface area contributed by atoms with Gasteiger partial charge in [0, 0.05) is 24.4 Å². The number of hydrogen-bond donors (Lipinski definition) is 0. The van der Waals surface area contributed by atoms with Crippen LogP contribution in [0.5, 0.6) is 0 Å². The average molecular weight is 263 g/mol. The van der Waals surface area contributed by atoms with Gasteiger partial charge in [-0.1, -0.05) is 12.1 Å². The molecular formula is C14H21N3O2. The van der Waals surface area contributed by atoms with Crippen molar-refractivity contribution in [1.82, 2.24) is 15.0 Å². The molecule has 0 saturated carbocycles. The Bertz CT molecular complexity index is 457. The van der Waals surface area contributed by atoms with Crippen molar-refractivity contribution < 1.29 is 9.32 Å². The van der Waals surface area contributed by atoms with Crippen molar-refractivity contribution in [3.8, 4) is 0 Å². The summed E-state index contributed by atoms with van der Waals surface area (Å²) in [5.41, 5.74) is 0. The van der Waals surface area contributed by atoms with Crippen molar-refractivity contribution in [1.29, 1.82) is 0 Å². The first kappa shape index (κ1) is 12.8. The van der Waals surface area contributed by atoms with Crippen LogP contribution in [0, 0.1) is 0 Å². The number of hydrogen-bond acceptors (Lipinski definition) is 5. The smallest absolute Gasteiger partial charge is 0.234 e. The van der Waals surface area contributed by atoms with E-state index >= 15 is 0 Å². The zero-order valence-corrected chi connectivity index (χ0v) is 11.6. The van der Waals surface area contributed by atoms with Crippen molar-refractivity contribution in [2.75, 3.05) is 7.05 Å². The number of aromatic nitrogens is 2. The minimum absolute atomic E-state index is 0.152. The Morgan fingerprint density at radius 1 is 1.37 bits per heavy atom. The quantitative estimate of drug-likeness (QED) is 0.830. The van der Waals surface area contributed by atoms with Gasteiger partial charge in [-0.05, 0) is 32.7 Å². The lowest BCUT2D eigenvalue weighted by Crippen LogP contribution is -2.39. The third-order valence-electron chi connectivity index (χ3n) is 4.69. The molecule has 5 nitrogen and oxygen atoms in total. The number of Topliss-reactive ketones (excluding diaryl/α,β-unsaturated/α-hetero) is 1. The topological polar surface area (TPSA) is 59.2 Å². The molecule has 1 aromatic heterocycles. The number of piperidine rings is 1. The molecule has 2 aliphatic rings. The zero-order chi connectivity index (χ0) is 13.4. The zero-order valence-electron chi connectivity index (χ0n) is 11.6. The highest BCUT2D eigenvalue weighted by atomic mass is 16.5. The van der Waals surface area contributed by atoms with Crippen LogP contribution in [-0.2, 0) is 11.2 Å². The molecule has 0 radical (unpaired) electrons. The molecule has 0 N–H and O–H groups in total. The Kier molecular flexibility index (Phi) is 3.39. The lowest BCUT2D eigenvalue weighted by Gasteiger charge is -2.34. The summed E-state index contributed by atoms with van der Waals surface area (Å²) in [6.45, 7) is 1.86. The van der Waals surface area contributed by atoms with Gasteiger partial charge >= 0.3 is 0 Å². The number of carbonyl (C=O) groups is 1. The predicted molar refractivity (Wildman–Crippen MR) is 69.8 cm³/mol. The van der Waals surface area contributed by atoms with Crippen molar-refractivity contribution in [2.45, 2.75) is 63.5 Å². The van der Waals surface area contributed by atoms with Gasteiger partial charge < -0.3 is 9.42 Å². The molecule has 2 aliphatic heterocycles. The highest BCUT2D eigenvalue weighted by Crippen LogP contribution is 2.41. The maximum Gasteiger partial charge on any atom is 0.234 e. The molecule has 3 rings (SSSR count). The van der Waals surface area contributed by atoms with Gasteiger partial charge in [0.15, 0.2) is 5.82 Å². The first-order valence-electron chi connectivity index (χ1n) is 7.23. The predicted octanol–water partition coefficient (Wildman–Crippen LogP) is 1.93. The summed E-state index contributed by atoms with van der Waals surface area (Å²) in [5, 5.41) is 4.09. The third-order valence-corrected chi connectivity index (χ3v) is 4.69. The van der Waals surface area contributed by atoms with Crippen LogP contribution in [0.2, 0.25) is 0 Å². The van der Waals surface area contributed by atoms with Crippen molar-refractivity contribution in [3.05, 3.63) is 11.7 Å². The maximum absolute atomic E-state index is 11.4. The number of nitrogens with zero attached hydrogens (tertiary/aromatic N) is 3. The summed E-state index contributed by atoms with van der Waals surface area (Å²) < 4.78 is 5.21. The van der Waals surface area contributed by atoms with E-state index in [4.69, 9.17) is 4.52 Å². The standard InChI is InChI=1S/C14H21N3O2/c1-3-12(18)8-13-15-14(16-19-13)9-6-10-4-5-11(7-9)17(10)2/h9-11H,3-8H2,1-2H3. The van der Waals surface area contributed by atoms with Gasteiger partial charge in [-0.15, -0.1) is 0 Å². The second kappa shape index (κ2) is 5.04. The summed E-state index contributed by atoms with van der Waals surface area (Å²) in [4.78, 5) is 18.3. The molecule has 2 unspecified atom stereocenters. The van der Waals surface area contributed by atoms with Crippen LogP contribution < -0.4 is 0 Å². The van der Waals surface area contributed by atoms with Gasteiger partial charge in [0.1, 0.15) is 5.78 Å². The average Bonchev–Trinajstić information content (AvgIpc) is 2.92. The highest BCUT2D eigenvalue weighted by molar-refractivity contribution is 5.79. The molecule has 2 saturated heterocycles. The Hall–Kier alpha value is -1.23. The number of rotatable bonds is 4. The van der Waals surface area contributed by atoms with E-state index in [1.54, 1.807) is 0 Å². The molecule has 2 atom stereocenters. The Morgan fingerprint density at radius 2 is 2.05 bits per heavy atom. The molecule has 3 heterocycles. The summed E-state index contributed by atoms with van der Waals surface area (Å²) >= 11 is 0.